The van der Waals surface area contributed by atoms with E-state index in [1.165, 1.54) is 32.4 Å². The normalized spacial score (nSPS) is 13.3. The number of fused-ring (bicyclic) bond motifs is 4. The minimum absolute atomic E-state index is 0.0161. The van der Waals surface area contributed by atoms with Crippen LogP contribution in [0.4, 0.5) is 0 Å². The molecule has 0 spiro atoms. The number of hydrogen-bond acceptors (Lipinski definition) is 8. The van der Waals surface area contributed by atoms with E-state index in [1.54, 1.807) is 19.1 Å². The highest BCUT2D eigenvalue weighted by atomic mass is 16.5. The zero-order chi connectivity index (χ0) is 28.6. The number of ketones is 2. The summed E-state index contributed by atoms with van der Waals surface area (Å²) in [6.07, 6.45) is 0.410. The molecule has 0 saturated carbocycles. The number of rotatable bonds is 3. The molecule has 0 atom stereocenters. The number of hydrogen-bond donors (Lipinski definition) is 4. The van der Waals surface area contributed by atoms with Gasteiger partial charge in [0.1, 0.15) is 34.5 Å². The molecule has 0 unspecified atom stereocenters. The van der Waals surface area contributed by atoms with Crippen LogP contribution in [0.2, 0.25) is 0 Å². The highest BCUT2D eigenvalue weighted by Crippen LogP contribution is 2.53. The van der Waals surface area contributed by atoms with Crippen LogP contribution in [-0.2, 0) is 12.8 Å². The number of carbonyl (C=O) groups excluding carboxylic acids is 2. The quantitative estimate of drug-likeness (QED) is 0.245. The zero-order valence-corrected chi connectivity index (χ0v) is 22.3. The maximum absolute atomic E-state index is 13.7. The Morgan fingerprint density at radius 3 is 1.60 bits per heavy atom. The summed E-state index contributed by atoms with van der Waals surface area (Å²) in [7, 11) is 2.82. The molecule has 2 aliphatic carbocycles. The van der Waals surface area contributed by atoms with Crippen molar-refractivity contribution in [3.8, 4) is 45.6 Å². The van der Waals surface area contributed by atoms with Crippen LogP contribution in [0.5, 0.6) is 34.5 Å². The maximum atomic E-state index is 13.7. The fourth-order valence-corrected chi connectivity index (χ4v) is 6.18. The highest BCUT2D eigenvalue weighted by molar-refractivity contribution is 6.19. The van der Waals surface area contributed by atoms with Crippen LogP contribution in [0.3, 0.4) is 0 Å². The highest BCUT2D eigenvalue weighted by Gasteiger charge is 2.37. The lowest BCUT2D eigenvalue weighted by Gasteiger charge is -2.28. The van der Waals surface area contributed by atoms with E-state index < -0.39 is 11.6 Å². The SMILES string of the molecule is COc1cc2c(c(O)c1-c1c(OC)cc(O)c3c1Cc1cc(C)cc(O)c1C3=O)C(=O)c1c(O)cc(C)cc1C2. The second-order valence-electron chi connectivity index (χ2n) is 10.3. The van der Waals surface area contributed by atoms with Gasteiger partial charge in [-0.2, -0.15) is 0 Å². The second kappa shape index (κ2) is 8.77. The fraction of sp³-hybridized carbons (Fsp3) is 0.188. The number of ether oxygens (including phenoxy) is 2. The number of aromatic hydroxyl groups is 4. The van der Waals surface area contributed by atoms with Crippen LogP contribution in [-0.4, -0.2) is 46.2 Å². The van der Waals surface area contributed by atoms with Crippen LogP contribution in [0.25, 0.3) is 11.1 Å². The molecule has 0 aromatic heterocycles. The molecule has 0 saturated heterocycles. The van der Waals surface area contributed by atoms with Crippen molar-refractivity contribution in [3.05, 3.63) is 92.0 Å². The fourth-order valence-electron chi connectivity index (χ4n) is 6.18. The first-order valence-electron chi connectivity index (χ1n) is 12.7. The average Bonchev–Trinajstić information content (AvgIpc) is 2.87. The summed E-state index contributed by atoms with van der Waals surface area (Å²) in [5.74, 6) is -1.80. The van der Waals surface area contributed by atoms with E-state index in [-0.39, 0.29) is 80.7 Å². The second-order valence-corrected chi connectivity index (χ2v) is 10.3. The van der Waals surface area contributed by atoms with E-state index in [2.05, 4.69) is 0 Å². The van der Waals surface area contributed by atoms with E-state index in [1.807, 2.05) is 13.0 Å². The smallest absolute Gasteiger partial charge is 0.201 e. The molecule has 0 heterocycles. The van der Waals surface area contributed by atoms with E-state index in [0.717, 1.165) is 11.1 Å². The van der Waals surface area contributed by atoms with E-state index >= 15 is 0 Å². The lowest BCUT2D eigenvalue weighted by molar-refractivity contribution is 0.102. The van der Waals surface area contributed by atoms with Crippen molar-refractivity contribution in [1.82, 2.24) is 0 Å². The molecule has 0 radical (unpaired) electrons. The molecule has 6 rings (SSSR count). The van der Waals surface area contributed by atoms with Gasteiger partial charge in [-0.1, -0.05) is 12.1 Å². The third-order valence-electron chi connectivity index (χ3n) is 7.75. The van der Waals surface area contributed by atoms with Gasteiger partial charge in [-0.25, -0.2) is 0 Å². The Labute approximate surface area is 229 Å². The first-order chi connectivity index (χ1) is 19.0. The lowest BCUT2D eigenvalue weighted by Crippen LogP contribution is -2.19. The maximum Gasteiger partial charge on any atom is 0.201 e. The van der Waals surface area contributed by atoms with Gasteiger partial charge >= 0.3 is 0 Å². The molecular formula is C32H26O8. The predicted molar refractivity (Wildman–Crippen MR) is 146 cm³/mol. The van der Waals surface area contributed by atoms with Crippen LogP contribution < -0.4 is 9.47 Å². The summed E-state index contributed by atoms with van der Waals surface area (Å²) in [4.78, 5) is 27.4. The number of benzene rings is 4. The molecule has 8 nitrogen and oxygen atoms in total. The average molecular weight is 539 g/mol. The molecular weight excluding hydrogens is 512 g/mol. The number of carbonyl (C=O) groups is 2. The molecule has 40 heavy (non-hydrogen) atoms. The lowest BCUT2D eigenvalue weighted by atomic mass is 9.77. The Morgan fingerprint density at radius 1 is 0.550 bits per heavy atom. The Balaban J connectivity index is 1.66. The van der Waals surface area contributed by atoms with Gasteiger partial charge in [0.05, 0.1) is 42.0 Å². The summed E-state index contributed by atoms with van der Waals surface area (Å²) < 4.78 is 11.3. The molecule has 0 aliphatic heterocycles. The van der Waals surface area contributed by atoms with Crippen molar-refractivity contribution in [2.24, 2.45) is 0 Å². The van der Waals surface area contributed by atoms with Gasteiger partial charge in [-0.3, -0.25) is 9.59 Å². The van der Waals surface area contributed by atoms with Crippen molar-refractivity contribution in [2.45, 2.75) is 26.7 Å². The number of methoxy groups -OCH3 is 2. The van der Waals surface area contributed by atoms with Gasteiger partial charge in [0.2, 0.25) is 11.6 Å². The first-order valence-corrected chi connectivity index (χ1v) is 12.7. The van der Waals surface area contributed by atoms with Crippen molar-refractivity contribution in [3.63, 3.8) is 0 Å². The van der Waals surface area contributed by atoms with Gasteiger partial charge in [-0.15, -0.1) is 0 Å². The Kier molecular flexibility index (Phi) is 5.55. The van der Waals surface area contributed by atoms with Crippen molar-refractivity contribution in [2.75, 3.05) is 14.2 Å². The number of aryl methyl sites for hydroxylation is 2. The molecule has 4 aromatic rings. The minimum atomic E-state index is -0.572. The molecule has 4 aromatic carbocycles. The van der Waals surface area contributed by atoms with Gasteiger partial charge in [0.15, 0.2) is 0 Å². The van der Waals surface area contributed by atoms with E-state index in [4.69, 9.17) is 9.47 Å². The van der Waals surface area contributed by atoms with E-state index in [0.29, 0.717) is 22.3 Å². The summed E-state index contributed by atoms with van der Waals surface area (Å²) in [6.45, 7) is 3.62. The van der Waals surface area contributed by atoms with Crippen LogP contribution in [0.1, 0.15) is 65.2 Å². The molecule has 2 aliphatic rings. The minimum Gasteiger partial charge on any atom is -0.507 e. The van der Waals surface area contributed by atoms with Gasteiger partial charge in [0, 0.05) is 11.6 Å². The molecule has 0 fully saturated rings. The van der Waals surface area contributed by atoms with Gasteiger partial charge < -0.3 is 29.9 Å². The summed E-state index contributed by atoms with van der Waals surface area (Å²) in [5.41, 5.74) is 4.21. The van der Waals surface area contributed by atoms with Crippen LogP contribution in [0.15, 0.2) is 36.4 Å². The molecule has 0 bridgehead atoms. The van der Waals surface area contributed by atoms with Crippen molar-refractivity contribution in [1.29, 1.82) is 0 Å². The number of phenolic OH excluding ortho intramolecular Hbond substituents is 4. The summed E-state index contributed by atoms with van der Waals surface area (Å²) in [6, 6.07) is 9.54. The Morgan fingerprint density at radius 2 is 1.02 bits per heavy atom. The summed E-state index contributed by atoms with van der Waals surface area (Å²) >= 11 is 0. The zero-order valence-electron chi connectivity index (χ0n) is 22.3. The number of phenols is 4. The van der Waals surface area contributed by atoms with Crippen LogP contribution >= 0.6 is 0 Å². The van der Waals surface area contributed by atoms with E-state index in [9.17, 15) is 30.0 Å². The Hall–Kier alpha value is -4.98. The van der Waals surface area contributed by atoms with Crippen LogP contribution in [0, 0.1) is 13.8 Å². The van der Waals surface area contributed by atoms with Gasteiger partial charge in [-0.05, 0) is 78.3 Å². The largest absolute Gasteiger partial charge is 0.507 e. The monoisotopic (exact) mass is 538 g/mol. The molecule has 0 amide bonds. The third kappa shape index (κ3) is 3.45. The topological polar surface area (TPSA) is 134 Å². The molecule has 4 N–H and O–H groups in total. The standard InChI is InChI=1S/C32H26O8/c1-13-5-15-9-17-11-22(39-3)29(32(38)26(17)30(36)24(15)19(33)7-13)28-18-10-16-6-14(2)8-20(34)25(16)31(37)27(18)21(35)12-23(28)40-4/h5-8,11-12,33-35,38H,9-10H2,1-4H3. The Bertz CT molecular complexity index is 1820. The van der Waals surface area contributed by atoms with Crippen molar-refractivity contribution >= 4 is 11.6 Å². The van der Waals surface area contributed by atoms with Gasteiger partial charge in [0.25, 0.3) is 0 Å². The molecule has 202 valence electrons. The predicted octanol–water partition coefficient (Wildman–Crippen LogP) is 5.08. The summed E-state index contributed by atoms with van der Waals surface area (Å²) in [5, 5.41) is 43.9. The van der Waals surface area contributed by atoms with Crippen molar-refractivity contribution < 1.29 is 39.5 Å². The molecule has 8 heteroatoms. The third-order valence-corrected chi connectivity index (χ3v) is 7.75. The first kappa shape index (κ1) is 25.3.